The van der Waals surface area contributed by atoms with E-state index in [4.69, 9.17) is 4.52 Å². The zero-order chi connectivity index (χ0) is 23.3. The van der Waals surface area contributed by atoms with E-state index >= 15 is 0 Å². The van der Waals surface area contributed by atoms with Gasteiger partial charge in [-0.3, -0.25) is 4.90 Å². The molecule has 7 heteroatoms. The van der Waals surface area contributed by atoms with E-state index in [2.05, 4.69) is 68.9 Å². The summed E-state index contributed by atoms with van der Waals surface area (Å²) < 4.78 is 5.07. The van der Waals surface area contributed by atoms with Crippen LogP contribution in [-0.2, 0) is 0 Å². The molecule has 1 fully saturated rings. The summed E-state index contributed by atoms with van der Waals surface area (Å²) in [5.74, 6) is 1.02. The number of piperazine rings is 1. The van der Waals surface area contributed by atoms with Crippen LogP contribution in [0.3, 0.4) is 0 Å². The molecule has 0 radical (unpaired) electrons. The van der Waals surface area contributed by atoms with E-state index in [0.717, 1.165) is 18.7 Å². The molecule has 1 aromatic heterocycles. The van der Waals surface area contributed by atoms with Crippen molar-refractivity contribution in [1.29, 1.82) is 0 Å². The molecule has 7 nitrogen and oxygen atoms in total. The van der Waals surface area contributed by atoms with Crippen molar-refractivity contribution in [2.75, 3.05) is 31.5 Å². The quantitative estimate of drug-likeness (QED) is 0.461. The summed E-state index contributed by atoms with van der Waals surface area (Å²) in [6, 6.07) is 28.7. The number of benzene rings is 3. The highest BCUT2D eigenvalue weighted by Crippen LogP contribution is 2.29. The molecule has 1 aliphatic heterocycles. The number of nitrogens with zero attached hydrogens (tertiary/aromatic N) is 4. The highest BCUT2D eigenvalue weighted by Gasteiger charge is 2.28. The van der Waals surface area contributed by atoms with E-state index < -0.39 is 0 Å². The first-order valence-electron chi connectivity index (χ1n) is 11.5. The average Bonchev–Trinajstić information content (AvgIpc) is 3.32. The van der Waals surface area contributed by atoms with Crippen molar-refractivity contribution >= 4 is 11.7 Å². The zero-order valence-corrected chi connectivity index (χ0v) is 19.1. The summed E-state index contributed by atoms with van der Waals surface area (Å²) in [6.07, 6.45) is 0. The molecule has 0 unspecified atom stereocenters. The minimum atomic E-state index is -0.0999. The zero-order valence-electron chi connectivity index (χ0n) is 19.1. The van der Waals surface area contributed by atoms with Gasteiger partial charge < -0.3 is 14.7 Å². The van der Waals surface area contributed by atoms with E-state index in [1.807, 2.05) is 41.3 Å². The van der Waals surface area contributed by atoms with Gasteiger partial charge in [0, 0.05) is 44.4 Å². The van der Waals surface area contributed by atoms with Crippen LogP contribution < -0.4 is 5.32 Å². The number of amides is 2. The molecule has 4 aromatic rings. The number of carbonyl (C=O) groups is 1. The van der Waals surface area contributed by atoms with Gasteiger partial charge in [-0.2, -0.15) is 4.98 Å². The van der Waals surface area contributed by atoms with Gasteiger partial charge in [0.1, 0.15) is 0 Å². The molecule has 0 atom stereocenters. The molecule has 3 aromatic carbocycles. The smallest absolute Gasteiger partial charge is 0.321 e. The van der Waals surface area contributed by atoms with Crippen molar-refractivity contribution in [2.24, 2.45) is 0 Å². The monoisotopic (exact) mass is 453 g/mol. The van der Waals surface area contributed by atoms with E-state index in [0.29, 0.717) is 30.5 Å². The van der Waals surface area contributed by atoms with Crippen molar-refractivity contribution < 1.29 is 9.32 Å². The second-order valence-electron chi connectivity index (χ2n) is 8.39. The van der Waals surface area contributed by atoms with Gasteiger partial charge in [0.25, 0.3) is 0 Å². The Bertz CT molecular complexity index is 1190. The summed E-state index contributed by atoms with van der Waals surface area (Å²) in [5.41, 5.74) is 4.03. The standard InChI is InChI=1S/C27H27N5O2/c1-20-28-26(30-34-20)23-13-8-14-24(19-23)29-27(33)32-17-15-31(16-18-32)25(21-9-4-2-5-10-21)22-11-6-3-7-12-22/h2-14,19,25H,15-18H2,1H3,(H,29,33). The molecule has 172 valence electrons. The normalized spacial score (nSPS) is 14.4. The molecule has 34 heavy (non-hydrogen) atoms. The molecule has 0 spiro atoms. The largest absolute Gasteiger partial charge is 0.339 e. The van der Waals surface area contributed by atoms with Crippen LogP contribution in [0.15, 0.2) is 89.5 Å². The first-order chi connectivity index (χ1) is 16.7. The van der Waals surface area contributed by atoms with Crippen LogP contribution in [-0.4, -0.2) is 52.2 Å². The molecular weight excluding hydrogens is 426 g/mol. The number of urea groups is 1. The SMILES string of the molecule is Cc1nc(-c2cccc(NC(=O)N3CCN(C(c4ccccc4)c4ccccc4)CC3)c2)no1. The van der Waals surface area contributed by atoms with Crippen molar-refractivity contribution in [3.8, 4) is 11.4 Å². The lowest BCUT2D eigenvalue weighted by atomic mass is 9.96. The summed E-state index contributed by atoms with van der Waals surface area (Å²) >= 11 is 0. The van der Waals surface area contributed by atoms with Crippen molar-refractivity contribution in [3.63, 3.8) is 0 Å². The Morgan fingerprint density at radius 2 is 1.53 bits per heavy atom. The van der Waals surface area contributed by atoms with Gasteiger partial charge in [-0.05, 0) is 23.3 Å². The van der Waals surface area contributed by atoms with Crippen LogP contribution in [0.2, 0.25) is 0 Å². The van der Waals surface area contributed by atoms with E-state index in [1.54, 1.807) is 6.92 Å². The predicted octanol–water partition coefficient (Wildman–Crippen LogP) is 4.98. The molecular formula is C27H27N5O2. The third kappa shape index (κ3) is 4.84. The highest BCUT2D eigenvalue weighted by atomic mass is 16.5. The Balaban J connectivity index is 1.25. The molecule has 5 rings (SSSR count). The predicted molar refractivity (Wildman–Crippen MR) is 131 cm³/mol. The third-order valence-corrected chi connectivity index (χ3v) is 6.10. The number of anilines is 1. The average molecular weight is 454 g/mol. The van der Waals surface area contributed by atoms with E-state index in [9.17, 15) is 4.79 Å². The molecule has 2 heterocycles. The summed E-state index contributed by atoms with van der Waals surface area (Å²) in [6.45, 7) is 4.66. The number of hydrogen-bond donors (Lipinski definition) is 1. The maximum Gasteiger partial charge on any atom is 0.321 e. The summed E-state index contributed by atoms with van der Waals surface area (Å²) in [4.78, 5) is 21.6. The molecule has 2 amide bonds. The van der Waals surface area contributed by atoms with Gasteiger partial charge in [0.15, 0.2) is 0 Å². The van der Waals surface area contributed by atoms with Crippen LogP contribution >= 0.6 is 0 Å². The fourth-order valence-corrected chi connectivity index (χ4v) is 4.42. The first-order valence-corrected chi connectivity index (χ1v) is 11.5. The Labute approximate surface area is 199 Å². The third-order valence-electron chi connectivity index (χ3n) is 6.10. The molecule has 0 saturated carbocycles. The lowest BCUT2D eigenvalue weighted by molar-refractivity contribution is 0.126. The van der Waals surface area contributed by atoms with Crippen LogP contribution in [0.4, 0.5) is 10.5 Å². The Morgan fingerprint density at radius 3 is 2.12 bits per heavy atom. The summed E-state index contributed by atoms with van der Waals surface area (Å²) in [7, 11) is 0. The Hall–Kier alpha value is -3.97. The van der Waals surface area contributed by atoms with Crippen molar-refractivity contribution in [1.82, 2.24) is 19.9 Å². The second-order valence-corrected chi connectivity index (χ2v) is 8.39. The molecule has 0 aliphatic carbocycles. The van der Waals surface area contributed by atoms with Crippen LogP contribution in [0.5, 0.6) is 0 Å². The van der Waals surface area contributed by atoms with Crippen LogP contribution in [0, 0.1) is 6.92 Å². The fourth-order valence-electron chi connectivity index (χ4n) is 4.42. The molecule has 0 bridgehead atoms. The molecule has 1 aliphatic rings. The lowest BCUT2D eigenvalue weighted by Crippen LogP contribution is -2.51. The Morgan fingerprint density at radius 1 is 0.882 bits per heavy atom. The van der Waals surface area contributed by atoms with Crippen molar-refractivity contribution in [2.45, 2.75) is 13.0 Å². The number of carbonyl (C=O) groups excluding carboxylic acids is 1. The number of rotatable bonds is 5. The van der Waals surface area contributed by atoms with Crippen LogP contribution in [0.25, 0.3) is 11.4 Å². The second kappa shape index (κ2) is 9.89. The van der Waals surface area contributed by atoms with Crippen molar-refractivity contribution in [3.05, 3.63) is 102 Å². The first kappa shape index (κ1) is 21.9. The van der Waals surface area contributed by atoms with Gasteiger partial charge in [0.05, 0.1) is 6.04 Å². The van der Waals surface area contributed by atoms with Gasteiger partial charge in [-0.15, -0.1) is 0 Å². The fraction of sp³-hybridized carbons (Fsp3) is 0.222. The Kier molecular flexibility index (Phi) is 6.35. The van der Waals surface area contributed by atoms with Gasteiger partial charge in [-0.1, -0.05) is 78.0 Å². The topological polar surface area (TPSA) is 74.5 Å². The maximum atomic E-state index is 13.0. The molecule has 1 N–H and O–H groups in total. The lowest BCUT2D eigenvalue weighted by Gasteiger charge is -2.39. The minimum Gasteiger partial charge on any atom is -0.339 e. The highest BCUT2D eigenvalue weighted by molar-refractivity contribution is 5.90. The number of nitrogens with one attached hydrogen (secondary N) is 1. The number of hydrogen-bond acceptors (Lipinski definition) is 5. The van der Waals surface area contributed by atoms with E-state index in [1.165, 1.54) is 11.1 Å². The van der Waals surface area contributed by atoms with Gasteiger partial charge in [0.2, 0.25) is 11.7 Å². The van der Waals surface area contributed by atoms with Gasteiger partial charge in [-0.25, -0.2) is 4.79 Å². The van der Waals surface area contributed by atoms with E-state index in [-0.39, 0.29) is 12.1 Å². The maximum absolute atomic E-state index is 13.0. The van der Waals surface area contributed by atoms with Crippen LogP contribution in [0.1, 0.15) is 23.1 Å². The van der Waals surface area contributed by atoms with Gasteiger partial charge >= 0.3 is 6.03 Å². The number of aryl methyl sites for hydroxylation is 1. The number of aromatic nitrogens is 2. The minimum absolute atomic E-state index is 0.0999. The molecule has 1 saturated heterocycles. The summed E-state index contributed by atoms with van der Waals surface area (Å²) in [5, 5.41) is 6.97.